The summed E-state index contributed by atoms with van der Waals surface area (Å²) in [4.78, 5) is 10.1. The van der Waals surface area contributed by atoms with Crippen molar-refractivity contribution in [2.75, 3.05) is 57.4 Å². The normalized spacial score (nSPS) is 18.1. The van der Waals surface area contributed by atoms with E-state index in [2.05, 4.69) is 71.3 Å². The fraction of sp³-hybridized carbons (Fsp3) is 0.464. The van der Waals surface area contributed by atoms with Gasteiger partial charge in [0.05, 0.1) is 5.69 Å². The number of nitrogens with zero attached hydrogens (tertiary/aromatic N) is 3. The van der Waals surface area contributed by atoms with Crippen molar-refractivity contribution in [3.63, 3.8) is 0 Å². The Labute approximate surface area is 221 Å². The molecule has 1 N–H and O–H groups in total. The fourth-order valence-electron chi connectivity index (χ4n) is 5.50. The summed E-state index contributed by atoms with van der Waals surface area (Å²) in [6.07, 6.45) is 2.72. The molecule has 0 amide bonds. The molecule has 2 aliphatic heterocycles. The minimum absolute atomic E-state index is 0. The van der Waals surface area contributed by atoms with Gasteiger partial charge < -0.3 is 19.6 Å². The second-order valence-electron chi connectivity index (χ2n) is 9.42. The van der Waals surface area contributed by atoms with Crippen LogP contribution in [0.4, 0.5) is 5.82 Å². The zero-order chi connectivity index (χ0) is 22.7. The number of likely N-dealkylation sites (N-methyl/N-ethyl adjacent to an activating group) is 1. The van der Waals surface area contributed by atoms with Crippen LogP contribution in [0.1, 0.15) is 31.7 Å². The number of fused-ring (bicyclic) bond motifs is 1. The molecular formula is C28H37Cl2N3O2. The van der Waals surface area contributed by atoms with Gasteiger partial charge in [0, 0.05) is 62.4 Å². The van der Waals surface area contributed by atoms with Gasteiger partial charge >= 0.3 is 0 Å². The Morgan fingerprint density at radius 3 is 2.29 bits per heavy atom. The smallest absolute Gasteiger partial charge is 0.137 e. The van der Waals surface area contributed by atoms with Gasteiger partial charge in [-0.1, -0.05) is 55.5 Å². The molecule has 1 aromatic heterocycles. The summed E-state index contributed by atoms with van der Waals surface area (Å²) < 4.78 is 5.61. The van der Waals surface area contributed by atoms with Gasteiger partial charge in [0.25, 0.3) is 0 Å². The highest BCUT2D eigenvalue weighted by Crippen LogP contribution is 2.39. The topological polar surface area (TPSA) is 48.8 Å². The molecule has 0 saturated carbocycles. The number of aliphatic hydroxyl groups is 1. The Kier molecular flexibility index (Phi) is 9.79. The van der Waals surface area contributed by atoms with Gasteiger partial charge in [-0.25, -0.2) is 4.98 Å². The summed E-state index contributed by atoms with van der Waals surface area (Å²) in [5.74, 6) is 1.10. The second kappa shape index (κ2) is 12.4. The first-order valence-electron chi connectivity index (χ1n) is 12.4. The first kappa shape index (κ1) is 27.7. The van der Waals surface area contributed by atoms with E-state index in [4.69, 9.17) is 9.72 Å². The van der Waals surface area contributed by atoms with Crippen LogP contribution in [0.5, 0.6) is 0 Å². The van der Waals surface area contributed by atoms with E-state index in [1.807, 2.05) is 0 Å². The number of piperazine rings is 1. The number of anilines is 1. The highest BCUT2D eigenvalue weighted by atomic mass is 35.5. The number of benzene rings is 2. The summed E-state index contributed by atoms with van der Waals surface area (Å²) >= 11 is 0. The van der Waals surface area contributed by atoms with Gasteiger partial charge in [-0.3, -0.25) is 0 Å². The van der Waals surface area contributed by atoms with E-state index < -0.39 is 0 Å². The van der Waals surface area contributed by atoms with Crippen LogP contribution in [0.3, 0.4) is 0 Å². The maximum absolute atomic E-state index is 9.71. The average molecular weight is 519 g/mol. The van der Waals surface area contributed by atoms with Crippen LogP contribution in [0.15, 0.2) is 54.6 Å². The first-order valence-corrected chi connectivity index (χ1v) is 12.4. The summed E-state index contributed by atoms with van der Waals surface area (Å²) in [6, 6.07) is 19.7. The highest BCUT2D eigenvalue weighted by molar-refractivity contribution is 5.95. The molecule has 190 valence electrons. The number of hydrogen-bond acceptors (Lipinski definition) is 5. The molecule has 5 nitrogen and oxygen atoms in total. The van der Waals surface area contributed by atoms with E-state index in [-0.39, 0.29) is 36.8 Å². The molecule has 2 aromatic carbocycles. The standard InChI is InChI=1S/C28H35N3O2.2ClH/c1-2-30-14-16-31(17-15-30)27-25-6-4-3-5-23(25)21-26(29-27)22-7-9-24(10-8-22)28(11-18-32)12-19-33-20-13-28;;/h3-10,21,32H,2,11-20H2,1H3;2*1H. The van der Waals surface area contributed by atoms with Gasteiger partial charge in [-0.05, 0) is 42.8 Å². The van der Waals surface area contributed by atoms with Crippen molar-refractivity contribution in [2.45, 2.75) is 31.6 Å². The van der Waals surface area contributed by atoms with Crippen LogP contribution >= 0.6 is 24.8 Å². The van der Waals surface area contributed by atoms with Crippen LogP contribution in [0.2, 0.25) is 0 Å². The van der Waals surface area contributed by atoms with Crippen LogP contribution in [0, 0.1) is 0 Å². The zero-order valence-electron chi connectivity index (χ0n) is 20.5. The molecule has 35 heavy (non-hydrogen) atoms. The van der Waals surface area contributed by atoms with Gasteiger partial charge in [-0.15, -0.1) is 24.8 Å². The average Bonchev–Trinajstić information content (AvgIpc) is 2.89. The molecule has 0 spiro atoms. The molecule has 3 aromatic rings. The van der Waals surface area contributed by atoms with Gasteiger partial charge in [0.1, 0.15) is 5.82 Å². The Balaban J connectivity index is 0.00000171. The summed E-state index contributed by atoms with van der Waals surface area (Å²) in [5.41, 5.74) is 3.49. The Morgan fingerprint density at radius 2 is 1.63 bits per heavy atom. The third-order valence-electron chi connectivity index (χ3n) is 7.67. The van der Waals surface area contributed by atoms with Crippen LogP contribution < -0.4 is 4.90 Å². The van der Waals surface area contributed by atoms with Crippen LogP contribution in [0.25, 0.3) is 22.0 Å². The number of halogens is 2. The van der Waals surface area contributed by atoms with E-state index in [1.165, 1.54) is 16.3 Å². The van der Waals surface area contributed by atoms with Crippen molar-refractivity contribution >= 4 is 41.4 Å². The lowest BCUT2D eigenvalue weighted by Gasteiger charge is -2.37. The van der Waals surface area contributed by atoms with E-state index >= 15 is 0 Å². The lowest BCUT2D eigenvalue weighted by atomic mass is 9.72. The quantitative estimate of drug-likeness (QED) is 0.479. The Bertz CT molecular complexity index is 1070. The lowest BCUT2D eigenvalue weighted by molar-refractivity contribution is 0.0401. The van der Waals surface area contributed by atoms with Gasteiger partial charge in [0.15, 0.2) is 0 Å². The zero-order valence-corrected chi connectivity index (χ0v) is 22.1. The highest BCUT2D eigenvalue weighted by Gasteiger charge is 2.33. The SMILES string of the molecule is CCN1CCN(c2nc(-c3ccc(C4(CCO)CCOCC4)cc3)cc3ccccc23)CC1.Cl.Cl. The van der Waals surface area contributed by atoms with Crippen molar-refractivity contribution in [3.8, 4) is 11.3 Å². The number of aliphatic hydroxyl groups excluding tert-OH is 1. The molecule has 0 atom stereocenters. The maximum Gasteiger partial charge on any atom is 0.137 e. The molecule has 0 aliphatic carbocycles. The molecule has 2 saturated heterocycles. The van der Waals surface area contributed by atoms with Crippen molar-refractivity contribution < 1.29 is 9.84 Å². The molecule has 3 heterocycles. The molecule has 7 heteroatoms. The largest absolute Gasteiger partial charge is 0.396 e. The lowest BCUT2D eigenvalue weighted by Crippen LogP contribution is -2.46. The van der Waals surface area contributed by atoms with E-state index in [1.54, 1.807) is 0 Å². The Hall–Kier alpha value is -1.89. The predicted molar refractivity (Wildman–Crippen MR) is 149 cm³/mol. The third kappa shape index (κ3) is 5.76. The monoisotopic (exact) mass is 517 g/mol. The van der Waals surface area contributed by atoms with Crippen molar-refractivity contribution in [2.24, 2.45) is 0 Å². The molecule has 0 unspecified atom stereocenters. The third-order valence-corrected chi connectivity index (χ3v) is 7.67. The number of ether oxygens (including phenoxy) is 1. The van der Waals surface area contributed by atoms with E-state index in [0.717, 1.165) is 82.3 Å². The number of hydrogen-bond donors (Lipinski definition) is 1. The molecule has 0 bridgehead atoms. The number of aromatic nitrogens is 1. The summed E-state index contributed by atoms with van der Waals surface area (Å²) in [6.45, 7) is 9.28. The predicted octanol–water partition coefficient (Wildman–Crippen LogP) is 5.32. The molecular weight excluding hydrogens is 481 g/mol. The first-order chi connectivity index (χ1) is 16.2. The summed E-state index contributed by atoms with van der Waals surface area (Å²) in [7, 11) is 0. The van der Waals surface area contributed by atoms with Gasteiger partial charge in [-0.2, -0.15) is 0 Å². The molecule has 5 rings (SSSR count). The summed E-state index contributed by atoms with van der Waals surface area (Å²) in [5, 5.41) is 12.2. The van der Waals surface area contributed by atoms with Crippen molar-refractivity contribution in [1.82, 2.24) is 9.88 Å². The molecule has 2 fully saturated rings. The Morgan fingerprint density at radius 1 is 0.943 bits per heavy atom. The van der Waals surface area contributed by atoms with Crippen LogP contribution in [-0.4, -0.2) is 67.5 Å². The minimum Gasteiger partial charge on any atom is -0.396 e. The fourth-order valence-corrected chi connectivity index (χ4v) is 5.50. The number of rotatable bonds is 6. The van der Waals surface area contributed by atoms with Crippen molar-refractivity contribution in [3.05, 3.63) is 60.2 Å². The maximum atomic E-state index is 9.71. The number of pyridine rings is 1. The van der Waals surface area contributed by atoms with E-state index in [9.17, 15) is 5.11 Å². The van der Waals surface area contributed by atoms with Crippen LogP contribution in [-0.2, 0) is 10.2 Å². The van der Waals surface area contributed by atoms with E-state index in [0.29, 0.717) is 0 Å². The second-order valence-corrected chi connectivity index (χ2v) is 9.42. The molecule has 2 aliphatic rings. The van der Waals surface area contributed by atoms with Crippen molar-refractivity contribution in [1.29, 1.82) is 0 Å². The van der Waals surface area contributed by atoms with Gasteiger partial charge in [0.2, 0.25) is 0 Å². The molecule has 0 radical (unpaired) electrons. The minimum atomic E-state index is 0.